The maximum absolute atomic E-state index is 11.7. The second-order valence-corrected chi connectivity index (χ2v) is 4.50. The third kappa shape index (κ3) is 2.41. The Morgan fingerprint density at radius 2 is 2.50 bits per heavy atom. The van der Waals surface area contributed by atoms with E-state index in [0.29, 0.717) is 12.5 Å². The van der Waals surface area contributed by atoms with E-state index in [0.717, 1.165) is 18.8 Å². The van der Waals surface area contributed by atoms with Crippen molar-refractivity contribution >= 4 is 5.91 Å². The highest BCUT2D eigenvalue weighted by Crippen LogP contribution is 2.14. The summed E-state index contributed by atoms with van der Waals surface area (Å²) in [6.45, 7) is 5.65. The molecular weight excluding hydrogens is 204 g/mol. The van der Waals surface area contributed by atoms with Gasteiger partial charge in [0.2, 0.25) is 5.91 Å². The molecule has 1 aliphatic rings. The number of amides is 1. The van der Waals surface area contributed by atoms with Crippen LogP contribution in [-0.4, -0.2) is 39.6 Å². The summed E-state index contributed by atoms with van der Waals surface area (Å²) >= 11 is 0. The zero-order valence-corrected chi connectivity index (χ0v) is 9.73. The number of nitrogens with one attached hydrogen (secondary N) is 2. The van der Waals surface area contributed by atoms with E-state index in [-0.39, 0.29) is 11.9 Å². The summed E-state index contributed by atoms with van der Waals surface area (Å²) in [5.41, 5.74) is 1.05. The molecule has 88 valence electrons. The quantitative estimate of drug-likeness (QED) is 0.780. The molecule has 1 atom stereocenters. The number of likely N-dealkylation sites (tertiary alicyclic amines) is 1. The van der Waals surface area contributed by atoms with Gasteiger partial charge in [0.05, 0.1) is 0 Å². The third-order valence-electron chi connectivity index (χ3n) is 2.92. The number of aromatic nitrogens is 2. The molecule has 2 rings (SSSR count). The lowest BCUT2D eigenvalue weighted by molar-refractivity contribution is -0.129. The normalized spacial score (nSPS) is 21.1. The summed E-state index contributed by atoms with van der Waals surface area (Å²) in [5.74, 6) is 0.247. The molecule has 5 heteroatoms. The Morgan fingerprint density at radius 3 is 3.06 bits per heavy atom. The Morgan fingerprint density at radius 1 is 1.69 bits per heavy atom. The molecule has 1 unspecified atom stereocenters. The minimum absolute atomic E-state index is 0.247. The Balaban J connectivity index is 1.82. The van der Waals surface area contributed by atoms with Gasteiger partial charge in [-0.15, -0.1) is 0 Å². The van der Waals surface area contributed by atoms with Crippen molar-refractivity contribution in [3.05, 3.63) is 18.0 Å². The van der Waals surface area contributed by atoms with Crippen LogP contribution in [0.3, 0.4) is 0 Å². The summed E-state index contributed by atoms with van der Waals surface area (Å²) in [5, 5.41) is 10.1. The van der Waals surface area contributed by atoms with Gasteiger partial charge in [0.25, 0.3) is 0 Å². The molecule has 0 aliphatic carbocycles. The van der Waals surface area contributed by atoms with Gasteiger partial charge in [-0.3, -0.25) is 9.89 Å². The molecule has 1 amide bonds. The number of hydrogen-bond acceptors (Lipinski definition) is 3. The number of aromatic amines is 1. The molecule has 1 aliphatic heterocycles. The van der Waals surface area contributed by atoms with Gasteiger partial charge in [-0.1, -0.05) is 0 Å². The number of carbonyl (C=O) groups is 1. The van der Waals surface area contributed by atoms with Gasteiger partial charge in [0.15, 0.2) is 0 Å². The Kier molecular flexibility index (Phi) is 3.24. The number of rotatable bonds is 4. The van der Waals surface area contributed by atoms with Crippen LogP contribution in [0.15, 0.2) is 12.3 Å². The van der Waals surface area contributed by atoms with Crippen LogP contribution >= 0.6 is 0 Å². The molecular formula is C11H18N4O. The number of hydrogen-bond donors (Lipinski definition) is 2. The molecule has 0 bridgehead atoms. The topological polar surface area (TPSA) is 61.0 Å². The van der Waals surface area contributed by atoms with Crippen molar-refractivity contribution < 1.29 is 4.79 Å². The van der Waals surface area contributed by atoms with Gasteiger partial charge in [0.1, 0.15) is 0 Å². The summed E-state index contributed by atoms with van der Waals surface area (Å²) in [6, 6.07) is 2.49. The van der Waals surface area contributed by atoms with E-state index in [1.54, 1.807) is 6.20 Å². The predicted molar refractivity (Wildman–Crippen MR) is 60.7 cm³/mol. The first-order valence-corrected chi connectivity index (χ1v) is 5.68. The highest BCUT2D eigenvalue weighted by Gasteiger charge is 2.30. The van der Waals surface area contributed by atoms with Crippen LogP contribution in [0.2, 0.25) is 0 Å². The maximum Gasteiger partial charge on any atom is 0.224 e. The average molecular weight is 222 g/mol. The van der Waals surface area contributed by atoms with Crippen molar-refractivity contribution in [3.63, 3.8) is 0 Å². The molecule has 2 heterocycles. The van der Waals surface area contributed by atoms with Crippen molar-refractivity contribution in [3.8, 4) is 0 Å². The lowest BCUT2D eigenvalue weighted by atomic mass is 10.2. The molecule has 5 nitrogen and oxygen atoms in total. The Labute approximate surface area is 95.2 Å². The van der Waals surface area contributed by atoms with E-state index in [1.807, 2.05) is 11.0 Å². The molecule has 0 spiro atoms. The fourth-order valence-corrected chi connectivity index (χ4v) is 2.00. The van der Waals surface area contributed by atoms with Gasteiger partial charge >= 0.3 is 0 Å². The van der Waals surface area contributed by atoms with Gasteiger partial charge in [-0.05, 0) is 19.9 Å². The van der Waals surface area contributed by atoms with Crippen LogP contribution in [0.4, 0.5) is 0 Å². The fourth-order valence-electron chi connectivity index (χ4n) is 2.00. The van der Waals surface area contributed by atoms with E-state index < -0.39 is 0 Å². The number of H-pyrrole nitrogens is 1. The molecule has 1 aromatic rings. The first-order chi connectivity index (χ1) is 7.66. The van der Waals surface area contributed by atoms with Gasteiger partial charge < -0.3 is 10.2 Å². The second kappa shape index (κ2) is 4.65. The molecule has 16 heavy (non-hydrogen) atoms. The fraction of sp³-hybridized carbons (Fsp3) is 0.636. The highest BCUT2D eigenvalue weighted by atomic mass is 16.2. The van der Waals surface area contributed by atoms with Crippen molar-refractivity contribution in [2.24, 2.45) is 0 Å². The van der Waals surface area contributed by atoms with Crippen LogP contribution in [-0.2, 0) is 11.3 Å². The summed E-state index contributed by atoms with van der Waals surface area (Å²) in [4.78, 5) is 13.6. The molecule has 0 radical (unpaired) electrons. The monoisotopic (exact) mass is 222 g/mol. The molecule has 2 N–H and O–H groups in total. The number of carbonyl (C=O) groups excluding carboxylic acids is 1. The van der Waals surface area contributed by atoms with E-state index in [4.69, 9.17) is 0 Å². The van der Waals surface area contributed by atoms with E-state index >= 15 is 0 Å². The average Bonchev–Trinajstić information content (AvgIpc) is 2.83. The molecule has 0 saturated carbocycles. The smallest absolute Gasteiger partial charge is 0.224 e. The van der Waals surface area contributed by atoms with Gasteiger partial charge in [-0.25, -0.2) is 0 Å². The van der Waals surface area contributed by atoms with Crippen molar-refractivity contribution in [2.75, 3.05) is 6.54 Å². The second-order valence-electron chi connectivity index (χ2n) is 4.50. The molecule has 1 aromatic heterocycles. The Hall–Kier alpha value is -1.36. The first-order valence-electron chi connectivity index (χ1n) is 5.68. The van der Waals surface area contributed by atoms with E-state index in [1.165, 1.54) is 0 Å². The van der Waals surface area contributed by atoms with Gasteiger partial charge in [-0.2, -0.15) is 5.10 Å². The van der Waals surface area contributed by atoms with Crippen molar-refractivity contribution in [1.29, 1.82) is 0 Å². The highest BCUT2D eigenvalue weighted by molar-refractivity contribution is 5.79. The van der Waals surface area contributed by atoms with Gasteiger partial charge in [0, 0.05) is 43.5 Å². The number of nitrogens with zero attached hydrogens (tertiary/aromatic N) is 2. The van der Waals surface area contributed by atoms with E-state index in [2.05, 4.69) is 29.4 Å². The summed E-state index contributed by atoms with van der Waals surface area (Å²) in [6.07, 6.45) is 2.34. The predicted octanol–water partition coefficient (Wildman–Crippen LogP) is 0.509. The first kappa shape index (κ1) is 11.1. The van der Waals surface area contributed by atoms with Crippen LogP contribution in [0, 0.1) is 0 Å². The standard InChI is InChI=1S/C11H18N4O/c1-8(2)15-7-10(5-11(15)16)12-6-9-3-4-13-14-9/h3-4,8,10,12H,5-7H2,1-2H3,(H,13,14). The lowest BCUT2D eigenvalue weighted by Gasteiger charge is -2.21. The van der Waals surface area contributed by atoms with E-state index in [9.17, 15) is 4.79 Å². The minimum Gasteiger partial charge on any atom is -0.339 e. The zero-order valence-electron chi connectivity index (χ0n) is 9.73. The molecule has 1 saturated heterocycles. The van der Waals surface area contributed by atoms with Crippen LogP contribution < -0.4 is 5.32 Å². The van der Waals surface area contributed by atoms with Crippen molar-refractivity contribution in [2.45, 2.75) is 38.9 Å². The largest absolute Gasteiger partial charge is 0.339 e. The minimum atomic E-state index is 0.247. The van der Waals surface area contributed by atoms with Crippen LogP contribution in [0.1, 0.15) is 26.0 Å². The van der Waals surface area contributed by atoms with Crippen molar-refractivity contribution in [1.82, 2.24) is 20.4 Å². The molecule has 1 fully saturated rings. The van der Waals surface area contributed by atoms with Crippen LogP contribution in [0.5, 0.6) is 0 Å². The third-order valence-corrected chi connectivity index (χ3v) is 2.92. The lowest BCUT2D eigenvalue weighted by Crippen LogP contribution is -2.36. The Bertz CT molecular complexity index is 347. The zero-order chi connectivity index (χ0) is 11.5. The SMILES string of the molecule is CC(C)N1CC(NCc2ccn[nH]2)CC1=O. The molecule has 0 aromatic carbocycles. The summed E-state index contributed by atoms with van der Waals surface area (Å²) < 4.78 is 0. The summed E-state index contributed by atoms with van der Waals surface area (Å²) in [7, 11) is 0. The van der Waals surface area contributed by atoms with Crippen LogP contribution in [0.25, 0.3) is 0 Å². The maximum atomic E-state index is 11.7.